The van der Waals surface area contributed by atoms with Gasteiger partial charge in [-0.1, -0.05) is 36.4 Å². The topological polar surface area (TPSA) is 85.9 Å². The van der Waals surface area contributed by atoms with E-state index in [0.29, 0.717) is 34.2 Å². The van der Waals surface area contributed by atoms with Gasteiger partial charge in [0.1, 0.15) is 17.2 Å². The van der Waals surface area contributed by atoms with Crippen LogP contribution in [0.2, 0.25) is 0 Å². The standard InChI is InChI=1S/C25H26N2O5/c1-16-9-8-10-17(2)24(16)32-15-23(28)26-19-13-22(31-4)20(14-21(19)30-3)27-25(29)18-11-6-5-7-12-18/h5-14H,15H2,1-4H3,(H,26,28)(H,27,29). The Morgan fingerprint density at radius 2 is 1.34 bits per heavy atom. The van der Waals surface area contributed by atoms with Gasteiger partial charge in [0.25, 0.3) is 11.8 Å². The summed E-state index contributed by atoms with van der Waals surface area (Å²) in [6.45, 7) is 3.69. The quantitative estimate of drug-likeness (QED) is 0.542. The van der Waals surface area contributed by atoms with Crippen LogP contribution in [0, 0.1) is 13.8 Å². The molecule has 3 aromatic carbocycles. The number of amides is 2. The molecule has 2 N–H and O–H groups in total. The fourth-order valence-corrected chi connectivity index (χ4v) is 3.23. The summed E-state index contributed by atoms with van der Waals surface area (Å²) in [7, 11) is 2.96. The Hall–Kier alpha value is -4.00. The van der Waals surface area contributed by atoms with E-state index in [-0.39, 0.29) is 18.4 Å². The van der Waals surface area contributed by atoms with Gasteiger partial charge in [-0.15, -0.1) is 0 Å². The maximum atomic E-state index is 12.5. The van der Waals surface area contributed by atoms with Gasteiger partial charge >= 0.3 is 0 Å². The fraction of sp³-hybridized carbons (Fsp3) is 0.200. The van der Waals surface area contributed by atoms with Crippen LogP contribution in [-0.4, -0.2) is 32.6 Å². The molecule has 0 unspecified atom stereocenters. The molecule has 3 aromatic rings. The average molecular weight is 434 g/mol. The second-order valence-electron chi connectivity index (χ2n) is 7.13. The number of methoxy groups -OCH3 is 2. The molecule has 2 amide bonds. The summed E-state index contributed by atoms with van der Waals surface area (Å²) >= 11 is 0. The van der Waals surface area contributed by atoms with Crippen LogP contribution in [0.4, 0.5) is 11.4 Å². The zero-order chi connectivity index (χ0) is 23.1. The molecular formula is C25H26N2O5. The summed E-state index contributed by atoms with van der Waals surface area (Å²) < 4.78 is 16.5. The van der Waals surface area contributed by atoms with E-state index in [4.69, 9.17) is 14.2 Å². The number of hydrogen-bond acceptors (Lipinski definition) is 5. The molecule has 0 aliphatic heterocycles. The molecule has 32 heavy (non-hydrogen) atoms. The van der Waals surface area contributed by atoms with Crippen molar-refractivity contribution < 1.29 is 23.8 Å². The van der Waals surface area contributed by atoms with Crippen molar-refractivity contribution in [2.75, 3.05) is 31.5 Å². The molecule has 0 fully saturated rings. The Morgan fingerprint density at radius 3 is 1.91 bits per heavy atom. The summed E-state index contributed by atoms with van der Waals surface area (Å²) in [6, 6.07) is 17.8. The summed E-state index contributed by atoms with van der Waals surface area (Å²) in [5, 5.41) is 5.59. The highest BCUT2D eigenvalue weighted by Gasteiger charge is 2.17. The lowest BCUT2D eigenvalue weighted by molar-refractivity contribution is -0.118. The molecule has 0 heterocycles. The SMILES string of the molecule is COc1cc(NC(=O)c2ccccc2)c(OC)cc1NC(=O)COc1c(C)cccc1C. The summed E-state index contributed by atoms with van der Waals surface area (Å²) in [6.07, 6.45) is 0. The largest absolute Gasteiger partial charge is 0.494 e. The first kappa shape index (κ1) is 22.7. The van der Waals surface area contributed by atoms with Crippen molar-refractivity contribution in [2.24, 2.45) is 0 Å². The fourth-order valence-electron chi connectivity index (χ4n) is 3.23. The second kappa shape index (κ2) is 10.3. The minimum absolute atomic E-state index is 0.163. The van der Waals surface area contributed by atoms with E-state index < -0.39 is 0 Å². The number of carbonyl (C=O) groups excluding carboxylic acids is 2. The van der Waals surface area contributed by atoms with Crippen LogP contribution in [-0.2, 0) is 4.79 Å². The molecule has 166 valence electrons. The third-order valence-electron chi connectivity index (χ3n) is 4.84. The van der Waals surface area contributed by atoms with Crippen molar-refractivity contribution in [1.82, 2.24) is 0 Å². The Morgan fingerprint density at radius 1 is 0.781 bits per heavy atom. The molecule has 0 saturated carbocycles. The van der Waals surface area contributed by atoms with E-state index in [2.05, 4.69) is 10.6 Å². The van der Waals surface area contributed by atoms with Gasteiger partial charge in [-0.3, -0.25) is 9.59 Å². The van der Waals surface area contributed by atoms with Crippen molar-refractivity contribution >= 4 is 23.2 Å². The number of anilines is 2. The number of para-hydroxylation sites is 1. The molecule has 0 bridgehead atoms. The maximum absolute atomic E-state index is 12.5. The van der Waals surface area contributed by atoms with Crippen LogP contribution in [0.5, 0.6) is 17.2 Å². The van der Waals surface area contributed by atoms with Crippen LogP contribution < -0.4 is 24.8 Å². The molecule has 7 heteroatoms. The molecular weight excluding hydrogens is 408 g/mol. The van der Waals surface area contributed by atoms with Gasteiger partial charge in [-0.25, -0.2) is 0 Å². The van der Waals surface area contributed by atoms with E-state index in [1.165, 1.54) is 14.2 Å². The van der Waals surface area contributed by atoms with Gasteiger partial charge in [0.2, 0.25) is 0 Å². The van der Waals surface area contributed by atoms with Gasteiger partial charge in [-0.2, -0.15) is 0 Å². The Kier molecular flexibility index (Phi) is 7.33. The van der Waals surface area contributed by atoms with Gasteiger partial charge in [0.15, 0.2) is 6.61 Å². The Bertz CT molecular complexity index is 1090. The maximum Gasteiger partial charge on any atom is 0.262 e. The molecule has 7 nitrogen and oxygen atoms in total. The van der Waals surface area contributed by atoms with E-state index in [9.17, 15) is 9.59 Å². The molecule has 3 rings (SSSR count). The number of nitrogens with one attached hydrogen (secondary N) is 2. The second-order valence-corrected chi connectivity index (χ2v) is 7.13. The lowest BCUT2D eigenvalue weighted by atomic mass is 10.1. The van der Waals surface area contributed by atoms with Crippen molar-refractivity contribution in [2.45, 2.75) is 13.8 Å². The predicted octanol–water partition coefficient (Wildman–Crippen LogP) is 4.59. The van der Waals surface area contributed by atoms with Gasteiger partial charge in [0.05, 0.1) is 25.6 Å². The summed E-state index contributed by atoms with van der Waals surface area (Å²) in [4.78, 5) is 25.0. The highest BCUT2D eigenvalue weighted by Crippen LogP contribution is 2.36. The minimum atomic E-state index is -0.353. The smallest absolute Gasteiger partial charge is 0.262 e. The normalized spacial score (nSPS) is 10.2. The lowest BCUT2D eigenvalue weighted by Gasteiger charge is -2.17. The number of hydrogen-bond donors (Lipinski definition) is 2. The van der Waals surface area contributed by atoms with Crippen LogP contribution in [0.15, 0.2) is 60.7 Å². The van der Waals surface area contributed by atoms with E-state index >= 15 is 0 Å². The highest BCUT2D eigenvalue weighted by atomic mass is 16.5. The molecule has 0 atom stereocenters. The zero-order valence-electron chi connectivity index (χ0n) is 18.5. The number of aryl methyl sites for hydroxylation is 2. The molecule has 0 aromatic heterocycles. The van der Waals surface area contributed by atoms with Crippen LogP contribution in [0.3, 0.4) is 0 Å². The number of benzene rings is 3. The van der Waals surface area contributed by atoms with Gasteiger partial charge in [0, 0.05) is 17.7 Å². The highest BCUT2D eigenvalue weighted by molar-refractivity contribution is 6.05. The van der Waals surface area contributed by atoms with E-state index in [1.54, 1.807) is 36.4 Å². The zero-order valence-corrected chi connectivity index (χ0v) is 18.5. The first-order valence-electron chi connectivity index (χ1n) is 10.0. The average Bonchev–Trinajstić information content (AvgIpc) is 2.79. The first-order valence-corrected chi connectivity index (χ1v) is 10.0. The van der Waals surface area contributed by atoms with Crippen molar-refractivity contribution in [3.8, 4) is 17.2 Å². The van der Waals surface area contributed by atoms with Gasteiger partial charge < -0.3 is 24.8 Å². The molecule has 0 radical (unpaired) electrons. The molecule has 0 aliphatic carbocycles. The molecule has 0 aliphatic rings. The first-order chi connectivity index (χ1) is 15.4. The third kappa shape index (κ3) is 5.37. The van der Waals surface area contributed by atoms with E-state index in [1.807, 2.05) is 38.1 Å². The van der Waals surface area contributed by atoms with Crippen LogP contribution in [0.25, 0.3) is 0 Å². The number of ether oxygens (including phenoxy) is 3. The van der Waals surface area contributed by atoms with E-state index in [0.717, 1.165) is 11.1 Å². The summed E-state index contributed by atoms with van der Waals surface area (Å²) in [5.41, 5.74) is 3.24. The monoisotopic (exact) mass is 434 g/mol. The summed E-state index contributed by atoms with van der Waals surface area (Å²) in [5.74, 6) is 0.792. The van der Waals surface area contributed by atoms with Crippen molar-refractivity contribution in [1.29, 1.82) is 0 Å². The lowest BCUT2D eigenvalue weighted by Crippen LogP contribution is -2.21. The Balaban J connectivity index is 1.75. The molecule has 0 spiro atoms. The number of carbonyl (C=O) groups is 2. The number of rotatable bonds is 8. The third-order valence-corrected chi connectivity index (χ3v) is 4.84. The van der Waals surface area contributed by atoms with Gasteiger partial charge in [-0.05, 0) is 37.1 Å². The predicted molar refractivity (Wildman–Crippen MR) is 124 cm³/mol. The van der Waals surface area contributed by atoms with Crippen LogP contribution in [0.1, 0.15) is 21.5 Å². The van der Waals surface area contributed by atoms with Crippen LogP contribution >= 0.6 is 0 Å². The molecule has 0 saturated heterocycles. The Labute approximate surface area is 187 Å². The minimum Gasteiger partial charge on any atom is -0.494 e. The van der Waals surface area contributed by atoms with Crippen molar-refractivity contribution in [3.63, 3.8) is 0 Å². The van der Waals surface area contributed by atoms with Crippen molar-refractivity contribution in [3.05, 3.63) is 77.4 Å².